The van der Waals surface area contributed by atoms with Crippen LogP contribution in [0.3, 0.4) is 0 Å². The first-order chi connectivity index (χ1) is 13.1. The number of ether oxygens (including phenoxy) is 1. The summed E-state index contributed by atoms with van der Waals surface area (Å²) in [5.74, 6) is 4.47. The van der Waals surface area contributed by atoms with Crippen molar-refractivity contribution in [2.75, 3.05) is 38.2 Å². The highest BCUT2D eigenvalue weighted by atomic mass is 16.5. The van der Waals surface area contributed by atoms with Crippen LogP contribution >= 0.6 is 0 Å². The van der Waals surface area contributed by atoms with Crippen LogP contribution in [0.4, 0.5) is 5.69 Å². The van der Waals surface area contributed by atoms with Gasteiger partial charge < -0.3 is 19.0 Å². The van der Waals surface area contributed by atoms with Gasteiger partial charge >= 0.3 is 0 Å². The van der Waals surface area contributed by atoms with Crippen LogP contribution in [0.2, 0.25) is 0 Å². The quantitative estimate of drug-likeness (QED) is 0.780. The Hall–Kier alpha value is -2.43. The highest BCUT2D eigenvalue weighted by Gasteiger charge is 2.36. The number of anilines is 1. The zero-order chi connectivity index (χ0) is 18.8. The standard InChI is InChI=1S/C22H28N2O3/c1-16-15-20(16)21-9-7-19(27-21)8-10-22(25)24-13-11-23(12-14-24)17-3-5-18(26-2)6-4-17/h3-7,9,16,20H,8,10-15H2,1-2H3. The molecule has 0 N–H and O–H groups in total. The number of aryl methyl sites for hydroxylation is 1. The lowest BCUT2D eigenvalue weighted by Crippen LogP contribution is -2.48. The van der Waals surface area contributed by atoms with Crippen LogP contribution < -0.4 is 9.64 Å². The van der Waals surface area contributed by atoms with Gasteiger partial charge in [0.05, 0.1) is 7.11 Å². The number of hydrogen-bond donors (Lipinski definition) is 0. The van der Waals surface area contributed by atoms with Gasteiger partial charge in [-0.25, -0.2) is 0 Å². The first-order valence-corrected chi connectivity index (χ1v) is 9.89. The van der Waals surface area contributed by atoms with E-state index >= 15 is 0 Å². The summed E-state index contributed by atoms with van der Waals surface area (Å²) in [6.07, 6.45) is 2.44. The predicted molar refractivity (Wildman–Crippen MR) is 105 cm³/mol. The van der Waals surface area contributed by atoms with Gasteiger partial charge in [0.2, 0.25) is 5.91 Å². The number of carbonyl (C=O) groups is 1. The maximum absolute atomic E-state index is 12.6. The van der Waals surface area contributed by atoms with Gasteiger partial charge in [0, 0.05) is 50.6 Å². The predicted octanol–water partition coefficient (Wildman–Crippen LogP) is 3.69. The van der Waals surface area contributed by atoms with Crippen molar-refractivity contribution in [3.63, 3.8) is 0 Å². The average Bonchev–Trinajstić information content (AvgIpc) is 3.26. The van der Waals surface area contributed by atoms with E-state index in [4.69, 9.17) is 9.15 Å². The van der Waals surface area contributed by atoms with Crippen LogP contribution in [0, 0.1) is 5.92 Å². The summed E-state index contributed by atoms with van der Waals surface area (Å²) in [4.78, 5) is 16.8. The third kappa shape index (κ3) is 4.12. The second-order valence-corrected chi connectivity index (χ2v) is 7.69. The van der Waals surface area contributed by atoms with E-state index in [1.54, 1.807) is 7.11 Å². The third-order valence-electron chi connectivity index (χ3n) is 5.81. The topological polar surface area (TPSA) is 45.9 Å². The first-order valence-electron chi connectivity index (χ1n) is 9.89. The fraction of sp³-hybridized carbons (Fsp3) is 0.500. The van der Waals surface area contributed by atoms with Crippen LogP contribution in [-0.2, 0) is 11.2 Å². The lowest BCUT2D eigenvalue weighted by atomic mass is 10.2. The summed E-state index contributed by atoms with van der Waals surface area (Å²) in [6.45, 7) is 5.52. The lowest BCUT2D eigenvalue weighted by molar-refractivity contribution is -0.131. The minimum atomic E-state index is 0.224. The Labute approximate surface area is 160 Å². The minimum absolute atomic E-state index is 0.224. The molecule has 2 aromatic rings. The number of hydrogen-bond acceptors (Lipinski definition) is 4. The van der Waals surface area contributed by atoms with Gasteiger partial charge in [-0.2, -0.15) is 0 Å². The van der Waals surface area contributed by atoms with Gasteiger partial charge in [-0.1, -0.05) is 6.92 Å². The Balaban J connectivity index is 1.24. The number of methoxy groups -OCH3 is 1. The number of benzene rings is 1. The van der Waals surface area contributed by atoms with Gasteiger partial charge in [0.25, 0.3) is 0 Å². The number of rotatable bonds is 6. The molecule has 2 heterocycles. The Kier molecular flexibility index (Phi) is 5.10. The molecule has 0 spiro atoms. The van der Waals surface area contributed by atoms with Gasteiger partial charge in [-0.15, -0.1) is 0 Å². The van der Waals surface area contributed by atoms with Gasteiger partial charge in [-0.05, 0) is 48.7 Å². The molecule has 1 aromatic carbocycles. The third-order valence-corrected chi connectivity index (χ3v) is 5.81. The van der Waals surface area contributed by atoms with Crippen molar-refractivity contribution in [3.05, 3.63) is 47.9 Å². The SMILES string of the molecule is COc1ccc(N2CCN(C(=O)CCc3ccc(C4CC4C)o3)CC2)cc1. The summed E-state index contributed by atoms with van der Waals surface area (Å²) in [6, 6.07) is 12.2. The minimum Gasteiger partial charge on any atom is -0.497 e. The van der Waals surface area contributed by atoms with E-state index in [1.165, 1.54) is 12.1 Å². The highest BCUT2D eigenvalue weighted by Crippen LogP contribution is 2.47. The molecule has 1 amide bonds. The molecular formula is C22H28N2O3. The molecule has 0 bridgehead atoms. The maximum atomic E-state index is 12.6. The molecule has 2 atom stereocenters. The molecule has 1 saturated heterocycles. The number of amides is 1. The summed E-state index contributed by atoms with van der Waals surface area (Å²) in [5.41, 5.74) is 1.18. The molecular weight excluding hydrogens is 340 g/mol. The molecule has 27 heavy (non-hydrogen) atoms. The van der Waals surface area contributed by atoms with E-state index in [0.29, 0.717) is 18.8 Å². The smallest absolute Gasteiger partial charge is 0.223 e. The van der Waals surface area contributed by atoms with Crippen molar-refractivity contribution >= 4 is 11.6 Å². The van der Waals surface area contributed by atoms with E-state index in [2.05, 4.69) is 30.0 Å². The Bertz CT molecular complexity index is 775. The van der Waals surface area contributed by atoms with Gasteiger partial charge in [-0.3, -0.25) is 4.79 Å². The Morgan fingerprint density at radius 2 is 1.81 bits per heavy atom. The van der Waals surface area contributed by atoms with Crippen LogP contribution in [0.25, 0.3) is 0 Å². The zero-order valence-electron chi connectivity index (χ0n) is 16.2. The van der Waals surface area contributed by atoms with Gasteiger partial charge in [0.1, 0.15) is 17.3 Å². The maximum Gasteiger partial charge on any atom is 0.223 e. The average molecular weight is 368 g/mol. The molecule has 1 aliphatic carbocycles. The molecule has 5 heteroatoms. The monoisotopic (exact) mass is 368 g/mol. The molecule has 1 aromatic heterocycles. The molecule has 2 aliphatic rings. The normalized spacial score (nSPS) is 22.0. The van der Waals surface area contributed by atoms with Crippen LogP contribution in [-0.4, -0.2) is 44.1 Å². The largest absolute Gasteiger partial charge is 0.497 e. The summed E-state index contributed by atoms with van der Waals surface area (Å²) in [5, 5.41) is 0. The molecule has 5 nitrogen and oxygen atoms in total. The van der Waals surface area contributed by atoms with Crippen LogP contribution in [0.15, 0.2) is 40.8 Å². The first kappa shape index (κ1) is 18.0. The van der Waals surface area contributed by atoms with Crippen molar-refractivity contribution in [2.45, 2.75) is 32.1 Å². The fourth-order valence-electron chi connectivity index (χ4n) is 3.84. The van der Waals surface area contributed by atoms with Gasteiger partial charge in [0.15, 0.2) is 0 Å². The number of nitrogens with zero attached hydrogens (tertiary/aromatic N) is 2. The molecule has 4 rings (SSSR count). The number of furan rings is 1. The van der Waals surface area contributed by atoms with Crippen molar-refractivity contribution in [1.29, 1.82) is 0 Å². The number of piperazine rings is 1. The van der Waals surface area contributed by atoms with E-state index in [1.807, 2.05) is 23.1 Å². The van der Waals surface area contributed by atoms with E-state index < -0.39 is 0 Å². The molecule has 0 radical (unpaired) electrons. The lowest BCUT2D eigenvalue weighted by Gasteiger charge is -2.36. The molecule has 1 aliphatic heterocycles. The Morgan fingerprint density at radius 3 is 2.44 bits per heavy atom. The van der Waals surface area contributed by atoms with Crippen molar-refractivity contribution in [3.8, 4) is 5.75 Å². The van der Waals surface area contributed by atoms with E-state index in [0.717, 1.165) is 49.4 Å². The van der Waals surface area contributed by atoms with E-state index in [-0.39, 0.29) is 5.91 Å². The summed E-state index contributed by atoms with van der Waals surface area (Å²) < 4.78 is 11.1. The van der Waals surface area contributed by atoms with E-state index in [9.17, 15) is 4.79 Å². The zero-order valence-corrected chi connectivity index (χ0v) is 16.2. The molecule has 144 valence electrons. The van der Waals surface area contributed by atoms with Crippen molar-refractivity contribution in [1.82, 2.24) is 4.90 Å². The Morgan fingerprint density at radius 1 is 1.11 bits per heavy atom. The van der Waals surface area contributed by atoms with Crippen molar-refractivity contribution in [2.24, 2.45) is 5.92 Å². The van der Waals surface area contributed by atoms with Crippen LogP contribution in [0.1, 0.15) is 37.2 Å². The molecule has 2 unspecified atom stereocenters. The second-order valence-electron chi connectivity index (χ2n) is 7.69. The fourth-order valence-corrected chi connectivity index (χ4v) is 3.84. The summed E-state index contributed by atoms with van der Waals surface area (Å²) >= 11 is 0. The van der Waals surface area contributed by atoms with Crippen molar-refractivity contribution < 1.29 is 13.9 Å². The molecule has 1 saturated carbocycles. The van der Waals surface area contributed by atoms with Crippen LogP contribution in [0.5, 0.6) is 5.75 Å². The second kappa shape index (κ2) is 7.67. The number of carbonyl (C=O) groups excluding carboxylic acids is 1. The highest BCUT2D eigenvalue weighted by molar-refractivity contribution is 5.76. The molecule has 2 fully saturated rings. The summed E-state index contributed by atoms with van der Waals surface area (Å²) in [7, 11) is 1.68.